The van der Waals surface area contributed by atoms with Gasteiger partial charge in [0.2, 0.25) is 17.4 Å². The minimum absolute atomic E-state index is 0.00819. The van der Waals surface area contributed by atoms with Crippen LogP contribution in [0.1, 0.15) is 81.1 Å². The molecule has 1 aromatic heterocycles. The van der Waals surface area contributed by atoms with Gasteiger partial charge in [-0.25, -0.2) is 9.78 Å². The molecule has 1 aromatic carbocycles. The molecule has 3 heterocycles. The average molecular weight is 848 g/mol. The summed E-state index contributed by atoms with van der Waals surface area (Å²) in [6.07, 6.45) is 9.71. The number of rotatable bonds is 8. The summed E-state index contributed by atoms with van der Waals surface area (Å²) in [6.45, 7) is 3.29. The normalized spacial score (nSPS) is 27.3. The molecule has 3 amide bonds. The molecule has 3 fully saturated rings. The summed E-state index contributed by atoms with van der Waals surface area (Å²) in [5, 5.41) is 6.33. The van der Waals surface area contributed by atoms with Crippen LogP contribution >= 0.6 is 31.9 Å². The number of nitrogens with zero attached hydrogens (tertiary/aromatic N) is 2. The number of hydrogen-bond donors (Lipinski definition) is 2. The largest absolute Gasteiger partial charge is 0.605 e. The predicted molar refractivity (Wildman–Crippen MR) is 198 cm³/mol. The monoisotopic (exact) mass is 845 g/mol. The van der Waals surface area contributed by atoms with Crippen LogP contribution in [0.15, 0.2) is 34.8 Å². The number of alkyl carbamates (subject to hydrolysis) is 1. The Morgan fingerprint density at radius 2 is 1.87 bits per heavy atom. The first-order valence-electron chi connectivity index (χ1n) is 17.7. The third-order valence-corrected chi connectivity index (χ3v) is 11.6. The summed E-state index contributed by atoms with van der Waals surface area (Å²) < 4.78 is 23.1. The molecule has 0 bridgehead atoms. The third kappa shape index (κ3) is 8.04. The Morgan fingerprint density at radius 1 is 1.10 bits per heavy atom. The fourth-order valence-corrected chi connectivity index (χ4v) is 8.33. The molecule has 1 unspecified atom stereocenters. The molecule has 2 saturated carbocycles. The Labute approximate surface area is 318 Å². The number of hydrogen-bond acceptors (Lipinski definition) is 9. The number of aromatic nitrogens is 1. The van der Waals surface area contributed by atoms with Gasteiger partial charge in [0.25, 0.3) is 0 Å². The van der Waals surface area contributed by atoms with E-state index in [4.69, 9.17) is 18.6 Å². The zero-order chi connectivity index (χ0) is 37.0. The summed E-state index contributed by atoms with van der Waals surface area (Å²) in [5.74, 6) is -1.38. The molecule has 5 atom stereocenters. The summed E-state index contributed by atoms with van der Waals surface area (Å²) >= 11 is 6.76. The van der Waals surface area contributed by atoms with Crippen LogP contribution in [-0.2, 0) is 23.5 Å². The van der Waals surface area contributed by atoms with Crippen LogP contribution in [-0.4, -0.2) is 95.1 Å². The van der Waals surface area contributed by atoms with Crippen molar-refractivity contribution in [3.05, 3.63) is 40.5 Å². The van der Waals surface area contributed by atoms with Gasteiger partial charge < -0.3 is 29.7 Å². The van der Waals surface area contributed by atoms with E-state index in [9.17, 15) is 24.0 Å². The fourth-order valence-electron chi connectivity index (χ4n) is 7.45. The number of carbonyl (C=O) groups is 5. The van der Waals surface area contributed by atoms with Gasteiger partial charge in [-0.1, -0.05) is 40.9 Å². The number of Topliss-reactive ketones (excluding diaryl/α,β-unsaturated/α-hetero) is 1. The van der Waals surface area contributed by atoms with E-state index in [1.54, 1.807) is 18.2 Å². The number of halogens is 2. The first kappa shape index (κ1) is 37.9. The van der Waals surface area contributed by atoms with Crippen LogP contribution in [0.3, 0.4) is 0 Å². The van der Waals surface area contributed by atoms with Gasteiger partial charge in [0.1, 0.15) is 41.5 Å². The summed E-state index contributed by atoms with van der Waals surface area (Å²) in [4.78, 5) is 73.6. The number of ether oxygens (including phenoxy) is 3. The van der Waals surface area contributed by atoms with Crippen molar-refractivity contribution in [3.8, 4) is 11.5 Å². The van der Waals surface area contributed by atoms with E-state index in [1.165, 1.54) is 12.0 Å². The number of benzene rings is 1. The van der Waals surface area contributed by atoms with Crippen molar-refractivity contribution in [2.24, 2.45) is 5.92 Å². The van der Waals surface area contributed by atoms with E-state index in [-0.39, 0.29) is 41.8 Å². The Kier molecular flexibility index (Phi) is 12.0. The zero-order valence-corrected chi connectivity index (χ0v) is 32.2. The lowest BCUT2D eigenvalue weighted by Crippen LogP contribution is -2.56. The van der Waals surface area contributed by atoms with Crippen molar-refractivity contribution in [1.29, 1.82) is 0 Å². The van der Waals surface area contributed by atoms with E-state index in [1.807, 2.05) is 12.2 Å². The van der Waals surface area contributed by atoms with E-state index in [0.29, 0.717) is 46.1 Å². The van der Waals surface area contributed by atoms with Crippen molar-refractivity contribution < 1.29 is 42.6 Å². The molecule has 278 valence electrons. The zero-order valence-electron chi connectivity index (χ0n) is 29.0. The van der Waals surface area contributed by atoms with Crippen molar-refractivity contribution in [1.82, 2.24) is 20.5 Å². The number of nitrogens with one attached hydrogen (secondary N) is 2. The van der Waals surface area contributed by atoms with Crippen molar-refractivity contribution >= 4 is 79.2 Å². The topological polar surface area (TPSA) is 165 Å². The van der Waals surface area contributed by atoms with Gasteiger partial charge in [-0.2, -0.15) is 0 Å². The van der Waals surface area contributed by atoms with Crippen LogP contribution in [0.25, 0.3) is 10.9 Å². The molecule has 2 aliphatic heterocycles. The predicted octanol–water partition coefficient (Wildman–Crippen LogP) is 5.26. The molecule has 52 heavy (non-hydrogen) atoms. The van der Waals surface area contributed by atoms with E-state index >= 15 is 0 Å². The van der Waals surface area contributed by atoms with Gasteiger partial charge in [-0.15, -0.1) is 0 Å². The Morgan fingerprint density at radius 3 is 2.60 bits per heavy atom. The second-order valence-electron chi connectivity index (χ2n) is 13.8. The molecule has 0 radical (unpaired) electrons. The van der Waals surface area contributed by atoms with Crippen LogP contribution < -0.4 is 20.1 Å². The maximum atomic E-state index is 14.5. The lowest BCUT2D eigenvalue weighted by atomic mass is 10.0. The van der Waals surface area contributed by atoms with Gasteiger partial charge >= 0.3 is 12.1 Å². The van der Waals surface area contributed by atoms with Crippen LogP contribution in [0.2, 0.25) is 0 Å². The van der Waals surface area contributed by atoms with E-state index < -0.39 is 47.6 Å². The van der Waals surface area contributed by atoms with Crippen LogP contribution in [0, 0.1) is 5.92 Å². The number of ketones is 1. The molecule has 2 N–H and O–H groups in total. The lowest BCUT2D eigenvalue weighted by Gasteiger charge is -2.29. The molecule has 13 nitrogen and oxygen atoms in total. The van der Waals surface area contributed by atoms with Crippen molar-refractivity contribution in [2.75, 3.05) is 19.0 Å². The number of fused-ring (bicyclic) bond motifs is 3. The lowest BCUT2D eigenvalue weighted by molar-refractivity contribution is -0.372. The Bertz CT molecular complexity index is 1780. The SMILES string of the molecule is C=[O+]C(=O)[C@@]12CC1/C=C\CCCCC[C@H](NC(=O)OC1CCCC1)C(=O)N1C[C@H](Oc3cc(C(=O)CBr)nc4c(Br)c(OC)ccc34)C[C@H]1C(=O)N2. The highest BCUT2D eigenvalue weighted by Gasteiger charge is 2.68. The minimum Gasteiger partial charge on any atom is -0.495 e. The van der Waals surface area contributed by atoms with Gasteiger partial charge in [0.15, 0.2) is 12.6 Å². The maximum Gasteiger partial charge on any atom is 0.605 e. The highest BCUT2D eigenvalue weighted by molar-refractivity contribution is 9.10. The molecule has 2 aliphatic carbocycles. The number of allylic oxidation sites excluding steroid dienone is 1. The molecular weight excluding hydrogens is 804 g/mol. The number of amides is 3. The van der Waals surface area contributed by atoms with Crippen LogP contribution in [0.5, 0.6) is 11.5 Å². The summed E-state index contributed by atoms with van der Waals surface area (Å²) in [7, 11) is 1.52. The molecule has 0 spiro atoms. The molecule has 1 saturated heterocycles. The second kappa shape index (κ2) is 16.4. The third-order valence-electron chi connectivity index (χ3n) is 10.4. The first-order chi connectivity index (χ1) is 25.1. The van der Waals surface area contributed by atoms with Gasteiger partial charge in [-0.05, 0) is 79.4 Å². The van der Waals surface area contributed by atoms with E-state index in [2.05, 4.69) is 54.3 Å². The van der Waals surface area contributed by atoms with Gasteiger partial charge in [-0.3, -0.25) is 18.8 Å². The van der Waals surface area contributed by atoms with E-state index in [0.717, 1.165) is 44.9 Å². The van der Waals surface area contributed by atoms with Crippen molar-refractivity contribution in [2.45, 2.75) is 100 Å². The average Bonchev–Trinajstić information content (AvgIpc) is 3.42. The number of alkyl halides is 1. The molecule has 6 rings (SSSR count). The standard InChI is InChI=1S/C37H42Br2N4O9/c1-49-29-15-14-24-30(17-26(28(44)19-38)40-32(24)31(29)39)51-23-16-27-33(45)42-37(35(47)50-2)18-21(37)10-6-4-3-5-7-13-25(34(46)43(27)20-23)41-36(48)52-22-11-8-9-12-22/h6,10,14-15,17,21-23,25,27H,2-5,7-9,11-13,16,18-20H2,1H3,(H-,41,42,45,48)/p+1/b10-6-/t21?,23-,25+,27+,37-/m1/s1. The summed E-state index contributed by atoms with van der Waals surface area (Å²) in [5.41, 5.74) is -0.709. The fraction of sp³-hybridized carbons (Fsp3) is 0.541. The quantitative estimate of drug-likeness (QED) is 0.156. The summed E-state index contributed by atoms with van der Waals surface area (Å²) in [6, 6.07) is 3.05. The smallest absolute Gasteiger partial charge is 0.495 e. The number of carbonyl (C=O) groups excluding carboxylic acids is 6. The van der Waals surface area contributed by atoms with Gasteiger partial charge in [0.05, 0.1) is 33.8 Å². The first-order valence-corrected chi connectivity index (χ1v) is 19.7. The number of methoxy groups -OCH3 is 1. The molecular formula is C37H43Br2N4O9+. The Balaban J connectivity index is 1.33. The molecule has 15 heteroatoms. The van der Waals surface area contributed by atoms with Gasteiger partial charge in [0, 0.05) is 23.8 Å². The molecule has 4 aliphatic rings. The maximum absolute atomic E-state index is 14.5. The molecule has 2 aromatic rings. The Hall–Kier alpha value is -3.85. The van der Waals surface area contributed by atoms with Crippen molar-refractivity contribution in [3.63, 3.8) is 0 Å². The highest BCUT2D eigenvalue weighted by atomic mass is 79.9. The highest BCUT2D eigenvalue weighted by Crippen LogP contribution is 2.46. The van der Waals surface area contributed by atoms with Crippen LogP contribution in [0.4, 0.5) is 4.79 Å². The number of pyridine rings is 1. The minimum atomic E-state index is -1.30. The second-order valence-corrected chi connectivity index (χ2v) is 15.2.